The molecule has 3 aromatic rings. The zero-order chi connectivity index (χ0) is 22.3. The number of nitrogens with one attached hydrogen (secondary N) is 2. The lowest BCUT2D eigenvalue weighted by Crippen LogP contribution is -2.37. The van der Waals surface area contributed by atoms with Gasteiger partial charge in [-0.25, -0.2) is 9.37 Å². The number of halogens is 1. The van der Waals surface area contributed by atoms with Gasteiger partial charge >= 0.3 is 0 Å². The van der Waals surface area contributed by atoms with E-state index >= 15 is 0 Å². The molecule has 1 amide bonds. The minimum atomic E-state index is -0.613. The van der Waals surface area contributed by atoms with Crippen molar-refractivity contribution >= 4 is 47.0 Å². The molecule has 1 aliphatic carbocycles. The highest BCUT2D eigenvalue weighted by atomic mass is 32.2. The molecule has 8 heteroatoms. The Bertz CT molecular complexity index is 1210. The van der Waals surface area contributed by atoms with Crippen molar-refractivity contribution in [2.45, 2.75) is 29.6 Å². The maximum atomic E-state index is 14.3. The highest BCUT2D eigenvalue weighted by Crippen LogP contribution is 2.48. The van der Waals surface area contributed by atoms with Crippen LogP contribution in [-0.4, -0.2) is 24.2 Å². The van der Waals surface area contributed by atoms with Crippen LogP contribution in [0.3, 0.4) is 0 Å². The number of benzene rings is 2. The molecule has 162 valence electrons. The maximum absolute atomic E-state index is 14.3. The van der Waals surface area contributed by atoms with Crippen molar-refractivity contribution in [1.29, 1.82) is 0 Å². The van der Waals surface area contributed by atoms with Gasteiger partial charge in [-0.15, -0.1) is 0 Å². The average molecular weight is 449 g/mol. The Hall–Kier alpha value is -3.39. The van der Waals surface area contributed by atoms with Gasteiger partial charge in [0, 0.05) is 18.9 Å². The number of fused-ring (bicyclic) bond motifs is 3. The van der Waals surface area contributed by atoms with Crippen LogP contribution in [0, 0.1) is 5.82 Å². The summed E-state index contributed by atoms with van der Waals surface area (Å²) in [5, 5.41) is 3.16. The number of aldehydes is 1. The number of carbonyl (C=O) groups is 2. The number of pyridine rings is 1. The predicted octanol–water partition coefficient (Wildman–Crippen LogP) is 5.29. The van der Waals surface area contributed by atoms with Gasteiger partial charge in [0.05, 0.1) is 27.2 Å². The normalized spacial score (nSPS) is 16.6. The summed E-state index contributed by atoms with van der Waals surface area (Å²) in [5.41, 5.74) is 2.29. The SMILES string of the molecule is CNc1c2cc(cc1C1(C=O)CCC1)NSc1ccc(F)cc1N(c1ccccn1)C2=O. The summed E-state index contributed by atoms with van der Waals surface area (Å²) in [6, 6.07) is 13.3. The third-order valence-corrected chi connectivity index (χ3v) is 7.05. The number of carbonyl (C=O) groups excluding carboxylic acids is 2. The monoisotopic (exact) mass is 448 g/mol. The fraction of sp³-hybridized carbons (Fsp3) is 0.208. The number of rotatable bonds is 4. The number of amides is 1. The second kappa shape index (κ2) is 7.94. The average Bonchev–Trinajstić information content (AvgIpc) is 2.82. The summed E-state index contributed by atoms with van der Waals surface area (Å²) >= 11 is 1.29. The molecule has 1 aromatic heterocycles. The molecule has 0 unspecified atom stereocenters. The first-order valence-corrected chi connectivity index (χ1v) is 11.2. The standard InChI is InChI=1S/C24H21FN4O2S/c1-26-22-17-12-16(13-18(22)24(14-30)8-4-9-24)28-32-20-7-6-15(25)11-19(20)29(23(17)31)21-5-2-3-10-27-21/h2-3,5-7,10-14,26,28H,4,8-9H2,1H3. The van der Waals surface area contributed by atoms with Crippen molar-refractivity contribution < 1.29 is 14.0 Å². The maximum Gasteiger partial charge on any atom is 0.266 e. The topological polar surface area (TPSA) is 74.3 Å². The van der Waals surface area contributed by atoms with Gasteiger partial charge in [0.2, 0.25) is 0 Å². The Morgan fingerprint density at radius 2 is 2.06 bits per heavy atom. The van der Waals surface area contributed by atoms with E-state index < -0.39 is 11.2 Å². The van der Waals surface area contributed by atoms with Crippen LogP contribution in [0.5, 0.6) is 0 Å². The first-order valence-electron chi connectivity index (χ1n) is 10.4. The summed E-state index contributed by atoms with van der Waals surface area (Å²) < 4.78 is 17.6. The zero-order valence-electron chi connectivity index (χ0n) is 17.4. The molecule has 1 fully saturated rings. The Labute approximate surface area is 189 Å². The van der Waals surface area contributed by atoms with Crippen LogP contribution >= 0.6 is 11.9 Å². The van der Waals surface area contributed by atoms with Crippen molar-refractivity contribution in [1.82, 2.24) is 4.98 Å². The largest absolute Gasteiger partial charge is 0.387 e. The molecule has 0 atom stereocenters. The molecule has 2 N–H and O–H groups in total. The lowest BCUT2D eigenvalue weighted by atomic mass is 9.64. The molecular weight excluding hydrogens is 427 g/mol. The number of hydrogen-bond donors (Lipinski definition) is 2. The van der Waals surface area contributed by atoms with Gasteiger partial charge in [0.1, 0.15) is 17.9 Å². The van der Waals surface area contributed by atoms with Crippen molar-refractivity contribution in [3.05, 3.63) is 71.7 Å². The molecule has 2 bridgehead atoms. The van der Waals surface area contributed by atoms with Gasteiger partial charge in [-0.05, 0) is 72.8 Å². The van der Waals surface area contributed by atoms with Crippen LogP contribution in [0.2, 0.25) is 0 Å². The van der Waals surface area contributed by atoms with E-state index in [9.17, 15) is 14.0 Å². The third kappa shape index (κ3) is 3.22. The molecule has 0 saturated heterocycles. The van der Waals surface area contributed by atoms with E-state index in [2.05, 4.69) is 15.0 Å². The van der Waals surface area contributed by atoms with E-state index in [0.29, 0.717) is 33.3 Å². The van der Waals surface area contributed by atoms with E-state index in [1.807, 2.05) is 6.07 Å². The quantitative estimate of drug-likeness (QED) is 0.417. The van der Waals surface area contributed by atoms with Gasteiger partial charge in [0.25, 0.3) is 5.91 Å². The Morgan fingerprint density at radius 3 is 2.72 bits per heavy atom. The van der Waals surface area contributed by atoms with Crippen LogP contribution in [0.4, 0.5) is 27.3 Å². The summed E-state index contributed by atoms with van der Waals surface area (Å²) in [6.07, 6.45) is 5.03. The van der Waals surface area contributed by atoms with Crippen LogP contribution < -0.4 is 14.9 Å². The molecule has 1 saturated carbocycles. The molecule has 2 heterocycles. The predicted molar refractivity (Wildman–Crippen MR) is 124 cm³/mol. The Morgan fingerprint density at radius 1 is 1.22 bits per heavy atom. The summed E-state index contributed by atoms with van der Waals surface area (Å²) in [4.78, 5) is 32.6. The first-order chi connectivity index (χ1) is 15.6. The number of aromatic nitrogens is 1. The van der Waals surface area contributed by atoms with E-state index in [0.717, 1.165) is 31.1 Å². The van der Waals surface area contributed by atoms with Gasteiger partial charge < -0.3 is 14.8 Å². The lowest BCUT2D eigenvalue weighted by Gasteiger charge is -2.39. The number of nitrogens with zero attached hydrogens (tertiary/aromatic N) is 2. The summed E-state index contributed by atoms with van der Waals surface area (Å²) in [7, 11) is 1.74. The number of anilines is 4. The van der Waals surface area contributed by atoms with E-state index in [1.54, 1.807) is 43.6 Å². The van der Waals surface area contributed by atoms with Crippen molar-refractivity contribution in [2.75, 3.05) is 22.0 Å². The van der Waals surface area contributed by atoms with E-state index in [1.165, 1.54) is 29.0 Å². The first kappa shape index (κ1) is 20.5. The third-order valence-electron chi connectivity index (χ3n) is 6.15. The fourth-order valence-electron chi connectivity index (χ4n) is 4.35. The van der Waals surface area contributed by atoms with Crippen LogP contribution in [0.15, 0.2) is 59.6 Å². The molecular formula is C24H21FN4O2S. The van der Waals surface area contributed by atoms with Crippen LogP contribution in [0.25, 0.3) is 0 Å². The smallest absolute Gasteiger partial charge is 0.266 e. The molecule has 2 aromatic carbocycles. The Kier molecular flexibility index (Phi) is 5.09. The van der Waals surface area contributed by atoms with E-state index in [-0.39, 0.29) is 5.91 Å². The fourth-order valence-corrected chi connectivity index (χ4v) is 5.09. The molecule has 5 rings (SSSR count). The van der Waals surface area contributed by atoms with Gasteiger partial charge in [0.15, 0.2) is 0 Å². The molecule has 0 radical (unpaired) electrons. The summed E-state index contributed by atoms with van der Waals surface area (Å²) in [5.74, 6) is -0.421. The Balaban J connectivity index is 1.77. The zero-order valence-corrected chi connectivity index (χ0v) is 18.2. The van der Waals surface area contributed by atoms with Crippen molar-refractivity contribution in [3.8, 4) is 0 Å². The molecule has 0 spiro atoms. The van der Waals surface area contributed by atoms with Crippen molar-refractivity contribution in [3.63, 3.8) is 0 Å². The molecule has 2 aliphatic rings. The highest BCUT2D eigenvalue weighted by molar-refractivity contribution is 8.00. The minimum Gasteiger partial charge on any atom is -0.387 e. The molecule has 6 nitrogen and oxygen atoms in total. The second-order valence-electron chi connectivity index (χ2n) is 7.97. The summed E-state index contributed by atoms with van der Waals surface area (Å²) in [6.45, 7) is 0. The van der Waals surface area contributed by atoms with E-state index in [4.69, 9.17) is 0 Å². The van der Waals surface area contributed by atoms with Gasteiger partial charge in [-0.2, -0.15) is 0 Å². The van der Waals surface area contributed by atoms with Crippen molar-refractivity contribution in [2.24, 2.45) is 0 Å². The number of hydrogen-bond acceptors (Lipinski definition) is 6. The lowest BCUT2D eigenvalue weighted by molar-refractivity contribution is -0.115. The van der Waals surface area contributed by atoms with Gasteiger partial charge in [-0.3, -0.25) is 9.69 Å². The van der Waals surface area contributed by atoms with Crippen LogP contribution in [0.1, 0.15) is 35.2 Å². The highest BCUT2D eigenvalue weighted by Gasteiger charge is 2.42. The van der Waals surface area contributed by atoms with Crippen LogP contribution in [-0.2, 0) is 10.2 Å². The second-order valence-corrected chi connectivity index (χ2v) is 8.82. The molecule has 32 heavy (non-hydrogen) atoms. The van der Waals surface area contributed by atoms with Gasteiger partial charge in [-0.1, -0.05) is 12.5 Å². The molecule has 1 aliphatic heterocycles. The minimum absolute atomic E-state index is 0.354.